The first-order valence-corrected chi connectivity index (χ1v) is 4.33. The summed E-state index contributed by atoms with van der Waals surface area (Å²) in [7, 11) is 0. The smallest absolute Gasteiger partial charge is 0.332 e. The van der Waals surface area contributed by atoms with Crippen LogP contribution in [0.1, 0.15) is 13.8 Å². The van der Waals surface area contributed by atoms with Gasteiger partial charge >= 0.3 is 12.1 Å². The molecule has 0 aromatic carbocycles. The van der Waals surface area contributed by atoms with Crippen molar-refractivity contribution in [2.45, 2.75) is 25.6 Å². The van der Waals surface area contributed by atoms with Crippen molar-refractivity contribution in [3.63, 3.8) is 0 Å². The fraction of sp³-hybridized carbons (Fsp3) is 0.875. The zero-order chi connectivity index (χ0) is 11.0. The van der Waals surface area contributed by atoms with Crippen LogP contribution < -0.4 is 5.32 Å². The van der Waals surface area contributed by atoms with Crippen LogP contribution in [0, 0.1) is 0 Å². The van der Waals surface area contributed by atoms with Crippen LogP contribution in [-0.2, 0) is 4.79 Å². The Bertz CT molecular complexity index is 237. The van der Waals surface area contributed by atoms with Crippen LogP contribution in [0.4, 0.5) is 13.2 Å². The van der Waals surface area contributed by atoms with Gasteiger partial charge in [0.25, 0.3) is 0 Å². The predicted molar refractivity (Wildman–Crippen MR) is 44.7 cm³/mol. The third-order valence-corrected chi connectivity index (χ3v) is 2.10. The van der Waals surface area contributed by atoms with Crippen LogP contribution in [0.5, 0.6) is 0 Å². The molecule has 0 aromatic heterocycles. The minimum atomic E-state index is -4.76. The highest BCUT2D eigenvalue weighted by molar-refractivity contribution is 5.82. The Morgan fingerprint density at radius 1 is 1.43 bits per heavy atom. The summed E-state index contributed by atoms with van der Waals surface area (Å²) in [4.78, 5) is 11.7. The summed E-state index contributed by atoms with van der Waals surface area (Å²) in [6, 6.07) is 0. The normalized spacial score (nSPS) is 22.2. The molecule has 14 heavy (non-hydrogen) atoms. The molecule has 6 heteroatoms. The minimum absolute atomic E-state index is 0.0886. The molecule has 1 heterocycles. The predicted octanol–water partition coefficient (Wildman–Crippen LogP) is 0.759. The van der Waals surface area contributed by atoms with E-state index in [4.69, 9.17) is 0 Å². The van der Waals surface area contributed by atoms with E-state index in [0.29, 0.717) is 6.54 Å². The van der Waals surface area contributed by atoms with Crippen molar-refractivity contribution in [2.75, 3.05) is 19.6 Å². The zero-order valence-electron chi connectivity index (χ0n) is 8.11. The maximum Gasteiger partial charge on any atom is 0.471 e. The molecule has 0 saturated carbocycles. The zero-order valence-corrected chi connectivity index (χ0v) is 8.11. The van der Waals surface area contributed by atoms with Gasteiger partial charge in [0.05, 0.1) is 0 Å². The van der Waals surface area contributed by atoms with Gasteiger partial charge in [-0.05, 0) is 13.8 Å². The SMILES string of the molecule is CC1(C)CN(C(=O)C(F)(F)F)CCN1. The van der Waals surface area contributed by atoms with Crippen molar-refractivity contribution >= 4 is 5.91 Å². The van der Waals surface area contributed by atoms with E-state index in [1.807, 2.05) is 0 Å². The van der Waals surface area contributed by atoms with Crippen LogP contribution in [0.15, 0.2) is 0 Å². The molecule has 0 aromatic rings. The second-order valence-corrected chi connectivity index (χ2v) is 4.04. The lowest BCUT2D eigenvalue weighted by Crippen LogP contribution is -2.60. The summed E-state index contributed by atoms with van der Waals surface area (Å²) in [5.74, 6) is -1.74. The molecule has 1 rings (SSSR count). The average molecular weight is 210 g/mol. The van der Waals surface area contributed by atoms with Gasteiger partial charge in [-0.3, -0.25) is 4.79 Å². The number of amides is 1. The number of hydrogen-bond donors (Lipinski definition) is 1. The number of hydrogen-bond acceptors (Lipinski definition) is 2. The second kappa shape index (κ2) is 3.42. The standard InChI is InChI=1S/C8H13F3N2O/c1-7(2)5-13(4-3-12-7)6(14)8(9,10)11/h12H,3-5H2,1-2H3. The summed E-state index contributed by atoms with van der Waals surface area (Å²) in [6.07, 6.45) is -4.76. The molecular weight excluding hydrogens is 197 g/mol. The molecule has 0 bridgehead atoms. The number of carbonyl (C=O) groups is 1. The monoisotopic (exact) mass is 210 g/mol. The highest BCUT2D eigenvalue weighted by atomic mass is 19.4. The van der Waals surface area contributed by atoms with Crippen LogP contribution in [0.3, 0.4) is 0 Å². The summed E-state index contributed by atoms with van der Waals surface area (Å²) < 4.78 is 36.2. The lowest BCUT2D eigenvalue weighted by atomic mass is 10.0. The van der Waals surface area contributed by atoms with Crippen molar-refractivity contribution in [2.24, 2.45) is 0 Å². The van der Waals surface area contributed by atoms with E-state index in [1.165, 1.54) is 0 Å². The van der Waals surface area contributed by atoms with Crippen LogP contribution in [0.2, 0.25) is 0 Å². The molecule has 0 unspecified atom stereocenters. The number of rotatable bonds is 0. The number of piperazine rings is 1. The molecule has 3 nitrogen and oxygen atoms in total. The second-order valence-electron chi connectivity index (χ2n) is 4.04. The molecular formula is C8H13F3N2O. The molecule has 1 fully saturated rings. The highest BCUT2D eigenvalue weighted by Gasteiger charge is 2.44. The number of carbonyl (C=O) groups excluding carboxylic acids is 1. The Morgan fingerprint density at radius 2 is 2.00 bits per heavy atom. The van der Waals surface area contributed by atoms with Gasteiger partial charge in [0.1, 0.15) is 0 Å². The van der Waals surface area contributed by atoms with Crippen LogP contribution in [-0.4, -0.2) is 42.2 Å². The van der Waals surface area contributed by atoms with E-state index in [0.717, 1.165) is 4.90 Å². The van der Waals surface area contributed by atoms with Crippen molar-refractivity contribution in [3.8, 4) is 0 Å². The van der Waals surface area contributed by atoms with E-state index in [9.17, 15) is 18.0 Å². The number of nitrogens with zero attached hydrogens (tertiary/aromatic N) is 1. The fourth-order valence-corrected chi connectivity index (χ4v) is 1.49. The quantitative estimate of drug-likeness (QED) is 0.640. The van der Waals surface area contributed by atoms with Crippen LogP contribution in [0.25, 0.3) is 0 Å². The Kier molecular flexibility index (Phi) is 2.76. The largest absolute Gasteiger partial charge is 0.471 e. The van der Waals surface area contributed by atoms with E-state index in [-0.39, 0.29) is 13.1 Å². The van der Waals surface area contributed by atoms with Gasteiger partial charge in [0.2, 0.25) is 0 Å². The van der Waals surface area contributed by atoms with Crippen molar-refractivity contribution in [1.29, 1.82) is 0 Å². The van der Waals surface area contributed by atoms with Gasteiger partial charge in [0, 0.05) is 25.2 Å². The molecule has 1 aliphatic heterocycles. The van der Waals surface area contributed by atoms with Crippen molar-refractivity contribution < 1.29 is 18.0 Å². The summed E-state index contributed by atoms with van der Waals surface area (Å²) >= 11 is 0. The van der Waals surface area contributed by atoms with Gasteiger partial charge in [-0.25, -0.2) is 0 Å². The third kappa shape index (κ3) is 2.60. The number of nitrogens with one attached hydrogen (secondary N) is 1. The Balaban J connectivity index is 2.66. The summed E-state index contributed by atoms with van der Waals surface area (Å²) in [5.41, 5.74) is -0.445. The maximum atomic E-state index is 12.1. The van der Waals surface area contributed by atoms with Gasteiger partial charge in [-0.1, -0.05) is 0 Å². The molecule has 1 N–H and O–H groups in total. The van der Waals surface area contributed by atoms with E-state index < -0.39 is 17.6 Å². The molecule has 0 aliphatic carbocycles. The first-order valence-electron chi connectivity index (χ1n) is 4.33. The lowest BCUT2D eigenvalue weighted by Gasteiger charge is -2.39. The lowest BCUT2D eigenvalue weighted by molar-refractivity contribution is -0.187. The van der Waals surface area contributed by atoms with Gasteiger partial charge < -0.3 is 10.2 Å². The molecule has 82 valence electrons. The highest BCUT2D eigenvalue weighted by Crippen LogP contribution is 2.21. The van der Waals surface area contributed by atoms with Crippen molar-refractivity contribution in [3.05, 3.63) is 0 Å². The van der Waals surface area contributed by atoms with Gasteiger partial charge in [-0.15, -0.1) is 0 Å². The molecule has 0 radical (unpaired) electrons. The average Bonchev–Trinajstić information content (AvgIpc) is 1.99. The molecule has 0 spiro atoms. The first-order chi connectivity index (χ1) is 6.22. The molecule has 1 aliphatic rings. The summed E-state index contributed by atoms with van der Waals surface area (Å²) in [5, 5.41) is 3.03. The molecule has 0 atom stereocenters. The van der Waals surface area contributed by atoms with Gasteiger partial charge in [-0.2, -0.15) is 13.2 Å². The minimum Gasteiger partial charge on any atom is -0.332 e. The van der Waals surface area contributed by atoms with Gasteiger partial charge in [0.15, 0.2) is 0 Å². The Hall–Kier alpha value is -0.780. The number of alkyl halides is 3. The maximum absolute atomic E-state index is 12.1. The number of halogens is 3. The van der Waals surface area contributed by atoms with Crippen molar-refractivity contribution in [1.82, 2.24) is 10.2 Å². The van der Waals surface area contributed by atoms with E-state index in [1.54, 1.807) is 13.8 Å². The Labute approximate surface area is 80.3 Å². The van der Waals surface area contributed by atoms with Crippen LogP contribution >= 0.6 is 0 Å². The topological polar surface area (TPSA) is 32.3 Å². The fourth-order valence-electron chi connectivity index (χ4n) is 1.49. The molecule has 1 amide bonds. The Morgan fingerprint density at radius 3 is 2.43 bits per heavy atom. The van der Waals surface area contributed by atoms with E-state index in [2.05, 4.69) is 5.32 Å². The third-order valence-electron chi connectivity index (χ3n) is 2.10. The van der Waals surface area contributed by atoms with E-state index >= 15 is 0 Å². The summed E-state index contributed by atoms with van der Waals surface area (Å²) in [6.45, 7) is 4.13. The first kappa shape index (κ1) is 11.3. The molecule has 1 saturated heterocycles.